The molecule has 178 valence electrons. The van der Waals surface area contributed by atoms with Crippen molar-refractivity contribution in [1.82, 2.24) is 20.0 Å². The zero-order chi connectivity index (χ0) is 23.1. The number of rotatable bonds is 4. The topological polar surface area (TPSA) is 83.9 Å². The van der Waals surface area contributed by atoms with Gasteiger partial charge in [0.1, 0.15) is 11.4 Å². The third-order valence-corrected chi connectivity index (χ3v) is 5.75. The lowest BCUT2D eigenvalue weighted by atomic mass is 10.2. The Morgan fingerprint density at radius 3 is 2.25 bits per heavy atom. The maximum absolute atomic E-state index is 12.2. The second-order valence-corrected chi connectivity index (χ2v) is 9.25. The van der Waals surface area contributed by atoms with Crippen LogP contribution in [0.25, 0.3) is 0 Å². The van der Waals surface area contributed by atoms with Crippen molar-refractivity contribution in [3.05, 3.63) is 24.3 Å². The summed E-state index contributed by atoms with van der Waals surface area (Å²) in [5.41, 5.74) is 0.432. The molecule has 1 aromatic carbocycles. The van der Waals surface area contributed by atoms with Crippen LogP contribution in [0.15, 0.2) is 29.3 Å². The number of amides is 1. The van der Waals surface area contributed by atoms with Gasteiger partial charge in [0.05, 0.1) is 5.69 Å². The molecule has 0 aromatic heterocycles. The summed E-state index contributed by atoms with van der Waals surface area (Å²) < 4.78 is 5.47. The summed E-state index contributed by atoms with van der Waals surface area (Å²) in [5.74, 6) is 1.24. The standard InChI is InChI=1S/C23H38N6O3/c1-23(2,3)32-22(31)29-13-11-26(12-14-29)10-9-25-21(24-4)28-17-15-27(16-18-28)19-7-5-6-8-20(19)30/h5-8,30H,9-18H2,1-4H3,(H,24,25). The van der Waals surface area contributed by atoms with Gasteiger partial charge in [0, 0.05) is 72.5 Å². The highest BCUT2D eigenvalue weighted by atomic mass is 16.6. The Labute approximate surface area is 191 Å². The molecule has 9 heteroatoms. The minimum atomic E-state index is -0.457. The van der Waals surface area contributed by atoms with Gasteiger partial charge in [0.25, 0.3) is 0 Å². The number of guanidine groups is 1. The zero-order valence-electron chi connectivity index (χ0n) is 19.9. The van der Waals surface area contributed by atoms with E-state index in [0.29, 0.717) is 18.8 Å². The van der Waals surface area contributed by atoms with Gasteiger partial charge in [0.2, 0.25) is 0 Å². The summed E-state index contributed by atoms with van der Waals surface area (Å²) in [6.07, 6.45) is -0.223. The minimum Gasteiger partial charge on any atom is -0.506 e. The predicted octanol–water partition coefficient (Wildman–Crippen LogP) is 1.64. The molecule has 2 aliphatic heterocycles. The first-order valence-electron chi connectivity index (χ1n) is 11.5. The number of piperazine rings is 2. The summed E-state index contributed by atoms with van der Waals surface area (Å²) in [5, 5.41) is 13.6. The van der Waals surface area contributed by atoms with Crippen molar-refractivity contribution >= 4 is 17.7 Å². The zero-order valence-corrected chi connectivity index (χ0v) is 19.9. The van der Waals surface area contributed by atoms with Crippen LogP contribution in [0, 0.1) is 0 Å². The van der Waals surface area contributed by atoms with Crippen molar-refractivity contribution < 1.29 is 14.6 Å². The van der Waals surface area contributed by atoms with E-state index in [2.05, 4.69) is 25.0 Å². The number of benzene rings is 1. The van der Waals surface area contributed by atoms with Gasteiger partial charge in [0.15, 0.2) is 5.96 Å². The summed E-state index contributed by atoms with van der Waals surface area (Å²) in [4.78, 5) is 25.3. The highest BCUT2D eigenvalue weighted by Crippen LogP contribution is 2.27. The Hall–Kier alpha value is -2.68. The third kappa shape index (κ3) is 6.66. The third-order valence-electron chi connectivity index (χ3n) is 5.75. The normalized spacial score (nSPS) is 18.6. The molecule has 0 unspecified atom stereocenters. The van der Waals surface area contributed by atoms with E-state index < -0.39 is 5.60 Å². The van der Waals surface area contributed by atoms with Gasteiger partial charge < -0.3 is 29.9 Å². The van der Waals surface area contributed by atoms with Crippen molar-refractivity contribution in [2.75, 3.05) is 77.4 Å². The summed E-state index contributed by atoms with van der Waals surface area (Å²) in [6, 6.07) is 7.49. The number of nitrogens with zero attached hydrogens (tertiary/aromatic N) is 5. The van der Waals surface area contributed by atoms with Crippen molar-refractivity contribution in [1.29, 1.82) is 0 Å². The van der Waals surface area contributed by atoms with E-state index in [9.17, 15) is 9.90 Å². The number of ether oxygens (including phenoxy) is 1. The van der Waals surface area contributed by atoms with Gasteiger partial charge in [-0.05, 0) is 32.9 Å². The van der Waals surface area contributed by atoms with Gasteiger partial charge in [-0.3, -0.25) is 9.89 Å². The largest absolute Gasteiger partial charge is 0.506 e. The van der Waals surface area contributed by atoms with E-state index >= 15 is 0 Å². The van der Waals surface area contributed by atoms with Gasteiger partial charge in [-0.1, -0.05) is 12.1 Å². The van der Waals surface area contributed by atoms with Crippen molar-refractivity contribution in [3.8, 4) is 5.75 Å². The molecule has 2 N–H and O–H groups in total. The number of phenols is 1. The van der Waals surface area contributed by atoms with Gasteiger partial charge >= 0.3 is 6.09 Å². The van der Waals surface area contributed by atoms with Crippen LogP contribution in [0.4, 0.5) is 10.5 Å². The fraction of sp³-hybridized carbons (Fsp3) is 0.652. The lowest BCUT2D eigenvalue weighted by Crippen LogP contribution is -2.54. The molecule has 0 saturated carbocycles. The van der Waals surface area contributed by atoms with Crippen molar-refractivity contribution in [2.24, 2.45) is 4.99 Å². The molecular formula is C23H38N6O3. The number of aromatic hydroxyl groups is 1. The first-order chi connectivity index (χ1) is 15.3. The van der Waals surface area contributed by atoms with E-state index in [1.54, 1.807) is 11.0 Å². The highest BCUT2D eigenvalue weighted by molar-refractivity contribution is 5.80. The lowest BCUT2D eigenvalue weighted by Gasteiger charge is -2.38. The molecule has 9 nitrogen and oxygen atoms in total. The van der Waals surface area contributed by atoms with Gasteiger partial charge in [-0.25, -0.2) is 4.79 Å². The number of para-hydroxylation sites is 2. The Balaban J connectivity index is 1.37. The SMILES string of the molecule is CN=C(NCCN1CCN(C(=O)OC(C)(C)C)CC1)N1CCN(c2ccccc2O)CC1. The van der Waals surface area contributed by atoms with Crippen LogP contribution in [0.1, 0.15) is 20.8 Å². The molecule has 2 fully saturated rings. The maximum Gasteiger partial charge on any atom is 0.410 e. The average Bonchev–Trinajstić information content (AvgIpc) is 2.77. The molecule has 3 rings (SSSR count). The molecule has 0 bridgehead atoms. The Morgan fingerprint density at radius 2 is 1.66 bits per heavy atom. The maximum atomic E-state index is 12.2. The highest BCUT2D eigenvalue weighted by Gasteiger charge is 2.26. The van der Waals surface area contributed by atoms with Crippen LogP contribution in [-0.4, -0.2) is 110 Å². The van der Waals surface area contributed by atoms with E-state index in [-0.39, 0.29) is 6.09 Å². The number of carbonyl (C=O) groups is 1. The van der Waals surface area contributed by atoms with Gasteiger partial charge in [-0.15, -0.1) is 0 Å². The number of nitrogens with one attached hydrogen (secondary N) is 1. The molecule has 0 aliphatic carbocycles. The fourth-order valence-corrected chi connectivity index (χ4v) is 4.03. The average molecular weight is 447 g/mol. The molecule has 1 aromatic rings. The Bertz CT molecular complexity index is 778. The van der Waals surface area contributed by atoms with E-state index in [1.165, 1.54) is 0 Å². The summed E-state index contributed by atoms with van der Waals surface area (Å²) in [7, 11) is 1.82. The molecule has 2 saturated heterocycles. The summed E-state index contributed by atoms with van der Waals surface area (Å²) in [6.45, 7) is 13.8. The summed E-state index contributed by atoms with van der Waals surface area (Å²) >= 11 is 0. The van der Waals surface area contributed by atoms with Crippen LogP contribution in [-0.2, 0) is 4.74 Å². The predicted molar refractivity (Wildman–Crippen MR) is 128 cm³/mol. The van der Waals surface area contributed by atoms with Crippen LogP contribution < -0.4 is 10.2 Å². The molecule has 0 atom stereocenters. The van der Waals surface area contributed by atoms with Crippen LogP contribution in [0.3, 0.4) is 0 Å². The first-order valence-corrected chi connectivity index (χ1v) is 11.5. The second kappa shape index (κ2) is 10.8. The minimum absolute atomic E-state index is 0.223. The van der Waals surface area contributed by atoms with Crippen molar-refractivity contribution in [3.63, 3.8) is 0 Å². The van der Waals surface area contributed by atoms with E-state index in [4.69, 9.17) is 4.74 Å². The molecule has 32 heavy (non-hydrogen) atoms. The number of carbonyl (C=O) groups excluding carboxylic acids is 1. The Morgan fingerprint density at radius 1 is 1.03 bits per heavy atom. The molecule has 1 amide bonds. The van der Waals surface area contributed by atoms with E-state index in [1.807, 2.05) is 46.0 Å². The number of aliphatic imine (C=N–C) groups is 1. The monoisotopic (exact) mass is 446 g/mol. The number of hydrogen-bond donors (Lipinski definition) is 2. The molecule has 2 aliphatic rings. The molecule has 0 radical (unpaired) electrons. The molecular weight excluding hydrogens is 408 g/mol. The van der Waals surface area contributed by atoms with E-state index in [0.717, 1.165) is 64.0 Å². The van der Waals surface area contributed by atoms with Crippen LogP contribution in [0.2, 0.25) is 0 Å². The van der Waals surface area contributed by atoms with Gasteiger partial charge in [-0.2, -0.15) is 0 Å². The van der Waals surface area contributed by atoms with Crippen LogP contribution >= 0.6 is 0 Å². The number of anilines is 1. The lowest BCUT2D eigenvalue weighted by molar-refractivity contribution is 0.0147. The first kappa shape index (κ1) is 24.0. The smallest absolute Gasteiger partial charge is 0.410 e. The molecule has 2 heterocycles. The number of hydrogen-bond acceptors (Lipinski definition) is 6. The number of phenolic OH excluding ortho intramolecular Hbond substituents is 1. The fourth-order valence-electron chi connectivity index (χ4n) is 4.03. The van der Waals surface area contributed by atoms with Crippen molar-refractivity contribution in [2.45, 2.75) is 26.4 Å². The molecule has 0 spiro atoms. The second-order valence-electron chi connectivity index (χ2n) is 9.25. The van der Waals surface area contributed by atoms with Crippen LogP contribution in [0.5, 0.6) is 5.75 Å². The Kier molecular flexibility index (Phi) is 8.06. The quantitative estimate of drug-likeness (QED) is 0.537.